The van der Waals surface area contributed by atoms with Gasteiger partial charge in [0.15, 0.2) is 0 Å². The Morgan fingerprint density at radius 2 is 2.21 bits per heavy atom. The first-order valence-electron chi connectivity index (χ1n) is 8.68. The highest BCUT2D eigenvalue weighted by Gasteiger charge is 2.27. The second-order valence-corrected chi connectivity index (χ2v) is 7.23. The van der Waals surface area contributed by atoms with Crippen molar-refractivity contribution in [2.24, 2.45) is 10.9 Å². The maximum absolute atomic E-state index is 6.11. The van der Waals surface area contributed by atoms with E-state index in [1.54, 1.807) is 0 Å². The molecule has 2 unspecified atom stereocenters. The van der Waals surface area contributed by atoms with Crippen LogP contribution in [-0.2, 0) is 6.42 Å². The Morgan fingerprint density at radius 1 is 1.38 bits per heavy atom. The molecule has 1 aromatic heterocycles. The normalized spacial score (nSPS) is 20.8. The standard InChI is InChI=1S/C21H25ClN2/c1-4-23-21-20(15(2)3)10-11-24(21)19-9-8-17(14-19)12-16-6-5-7-18(22)13-16/h4-7,10-11,13,17,19H,2,8-9,12,14H2,1,3H3/b23-4-. The van der Waals surface area contributed by atoms with E-state index in [9.17, 15) is 0 Å². The Hall–Kier alpha value is -1.80. The van der Waals surface area contributed by atoms with Crippen molar-refractivity contribution < 1.29 is 0 Å². The average molecular weight is 341 g/mol. The van der Waals surface area contributed by atoms with E-state index in [0.717, 1.165) is 28.4 Å². The minimum Gasteiger partial charge on any atom is -0.329 e. The third-order valence-electron chi connectivity index (χ3n) is 4.92. The van der Waals surface area contributed by atoms with Gasteiger partial charge in [-0.1, -0.05) is 30.3 Å². The van der Waals surface area contributed by atoms with E-state index >= 15 is 0 Å². The Morgan fingerprint density at radius 3 is 2.92 bits per heavy atom. The summed E-state index contributed by atoms with van der Waals surface area (Å²) < 4.78 is 2.35. The fourth-order valence-electron chi connectivity index (χ4n) is 3.81. The van der Waals surface area contributed by atoms with Crippen LogP contribution in [0.5, 0.6) is 0 Å². The number of nitrogens with zero attached hydrogens (tertiary/aromatic N) is 2. The van der Waals surface area contributed by atoms with Crippen LogP contribution in [0, 0.1) is 5.92 Å². The predicted octanol–water partition coefficient (Wildman–Crippen LogP) is 6.48. The Labute approximate surface area is 149 Å². The number of halogens is 1. The molecule has 0 amide bonds. The zero-order valence-corrected chi connectivity index (χ0v) is 15.3. The lowest BCUT2D eigenvalue weighted by Crippen LogP contribution is -2.05. The van der Waals surface area contributed by atoms with Gasteiger partial charge in [0.05, 0.1) is 0 Å². The van der Waals surface area contributed by atoms with Gasteiger partial charge in [-0.15, -0.1) is 0 Å². The van der Waals surface area contributed by atoms with Crippen LogP contribution >= 0.6 is 11.6 Å². The maximum Gasteiger partial charge on any atom is 0.139 e. The number of hydrogen-bond acceptors (Lipinski definition) is 1. The van der Waals surface area contributed by atoms with Crippen LogP contribution in [0.1, 0.15) is 50.3 Å². The number of hydrogen-bond donors (Lipinski definition) is 0. The van der Waals surface area contributed by atoms with Gasteiger partial charge >= 0.3 is 0 Å². The van der Waals surface area contributed by atoms with Gasteiger partial charge in [-0.25, -0.2) is 4.99 Å². The van der Waals surface area contributed by atoms with Crippen LogP contribution in [0.3, 0.4) is 0 Å². The second-order valence-electron chi connectivity index (χ2n) is 6.79. The zero-order chi connectivity index (χ0) is 17.1. The van der Waals surface area contributed by atoms with Gasteiger partial charge < -0.3 is 4.57 Å². The highest BCUT2D eigenvalue weighted by atomic mass is 35.5. The molecule has 3 heteroatoms. The molecule has 1 saturated carbocycles. The highest BCUT2D eigenvalue weighted by Crippen LogP contribution is 2.40. The molecular weight excluding hydrogens is 316 g/mol. The molecule has 1 aliphatic carbocycles. The monoisotopic (exact) mass is 340 g/mol. The summed E-state index contributed by atoms with van der Waals surface area (Å²) >= 11 is 6.11. The van der Waals surface area contributed by atoms with Gasteiger partial charge in [-0.05, 0) is 74.8 Å². The molecule has 0 aliphatic heterocycles. The molecule has 1 aromatic carbocycles. The minimum atomic E-state index is 0.529. The van der Waals surface area contributed by atoms with E-state index in [1.165, 1.54) is 24.8 Å². The van der Waals surface area contributed by atoms with Gasteiger partial charge in [0, 0.05) is 29.0 Å². The van der Waals surface area contributed by atoms with E-state index in [0.29, 0.717) is 12.0 Å². The molecule has 126 valence electrons. The van der Waals surface area contributed by atoms with Crippen molar-refractivity contribution in [3.05, 3.63) is 59.3 Å². The Bertz CT molecular complexity index is 757. The topological polar surface area (TPSA) is 17.3 Å². The van der Waals surface area contributed by atoms with Crippen molar-refractivity contribution in [1.29, 1.82) is 0 Å². The summed E-state index contributed by atoms with van der Waals surface area (Å²) in [5.74, 6) is 1.76. The highest BCUT2D eigenvalue weighted by molar-refractivity contribution is 6.30. The molecule has 0 radical (unpaired) electrons. The summed E-state index contributed by atoms with van der Waals surface area (Å²) in [6.07, 6.45) is 8.82. The maximum atomic E-state index is 6.11. The molecule has 2 atom stereocenters. The number of benzene rings is 1. The van der Waals surface area contributed by atoms with Crippen LogP contribution in [0.2, 0.25) is 5.02 Å². The lowest BCUT2D eigenvalue weighted by Gasteiger charge is -2.16. The summed E-state index contributed by atoms with van der Waals surface area (Å²) in [5, 5.41) is 0.832. The van der Waals surface area contributed by atoms with Gasteiger partial charge in [0.25, 0.3) is 0 Å². The lowest BCUT2D eigenvalue weighted by atomic mass is 9.98. The molecule has 0 N–H and O–H groups in total. The summed E-state index contributed by atoms with van der Waals surface area (Å²) in [6.45, 7) is 8.10. The van der Waals surface area contributed by atoms with Gasteiger partial charge in [-0.3, -0.25) is 0 Å². The van der Waals surface area contributed by atoms with Crippen molar-refractivity contribution >= 4 is 29.2 Å². The molecule has 1 fully saturated rings. The SMILES string of the molecule is C=C(C)c1ccn(C2CCC(Cc3cccc(Cl)c3)C2)c1/N=C\C. The molecule has 0 saturated heterocycles. The van der Waals surface area contributed by atoms with E-state index in [-0.39, 0.29) is 0 Å². The first-order chi connectivity index (χ1) is 11.6. The van der Waals surface area contributed by atoms with Crippen molar-refractivity contribution in [3.63, 3.8) is 0 Å². The third kappa shape index (κ3) is 3.64. The summed E-state index contributed by atoms with van der Waals surface area (Å²) in [6, 6.07) is 10.9. The first kappa shape index (κ1) is 17.0. The molecule has 2 nitrogen and oxygen atoms in total. The Balaban J connectivity index is 1.75. The minimum absolute atomic E-state index is 0.529. The number of aliphatic imine (C=N–C) groups is 1. The lowest BCUT2D eigenvalue weighted by molar-refractivity contribution is 0.478. The van der Waals surface area contributed by atoms with Crippen LogP contribution < -0.4 is 0 Å². The number of rotatable bonds is 5. The number of aromatic nitrogens is 1. The largest absolute Gasteiger partial charge is 0.329 e. The van der Waals surface area contributed by atoms with E-state index in [4.69, 9.17) is 11.6 Å². The first-order valence-corrected chi connectivity index (χ1v) is 9.06. The molecule has 1 aliphatic rings. The molecule has 1 heterocycles. The third-order valence-corrected chi connectivity index (χ3v) is 5.15. The van der Waals surface area contributed by atoms with Gasteiger partial charge in [-0.2, -0.15) is 0 Å². The van der Waals surface area contributed by atoms with E-state index in [2.05, 4.69) is 40.5 Å². The van der Waals surface area contributed by atoms with Crippen molar-refractivity contribution in [2.75, 3.05) is 0 Å². The van der Waals surface area contributed by atoms with Crippen LogP contribution in [-0.4, -0.2) is 10.8 Å². The summed E-state index contributed by atoms with van der Waals surface area (Å²) in [5.41, 5.74) is 3.57. The molecule has 2 aromatic rings. The van der Waals surface area contributed by atoms with Crippen molar-refractivity contribution in [1.82, 2.24) is 4.57 Å². The number of allylic oxidation sites excluding steroid dienone is 1. The molecular formula is C21H25ClN2. The van der Waals surface area contributed by atoms with Crippen LogP contribution in [0.4, 0.5) is 5.82 Å². The van der Waals surface area contributed by atoms with Crippen LogP contribution in [0.15, 0.2) is 48.1 Å². The average Bonchev–Trinajstić information content (AvgIpc) is 3.14. The smallest absolute Gasteiger partial charge is 0.139 e. The van der Waals surface area contributed by atoms with Crippen molar-refractivity contribution in [2.45, 2.75) is 45.6 Å². The van der Waals surface area contributed by atoms with Crippen LogP contribution in [0.25, 0.3) is 5.57 Å². The fourth-order valence-corrected chi connectivity index (χ4v) is 4.02. The van der Waals surface area contributed by atoms with Gasteiger partial charge in [0.1, 0.15) is 5.82 Å². The zero-order valence-electron chi connectivity index (χ0n) is 14.5. The predicted molar refractivity (Wildman–Crippen MR) is 105 cm³/mol. The summed E-state index contributed by atoms with van der Waals surface area (Å²) in [4.78, 5) is 4.61. The molecule has 24 heavy (non-hydrogen) atoms. The molecule has 3 rings (SSSR count). The molecule has 0 spiro atoms. The van der Waals surface area contributed by atoms with E-state index < -0.39 is 0 Å². The quantitative estimate of drug-likeness (QED) is 0.554. The van der Waals surface area contributed by atoms with Gasteiger partial charge in [0.2, 0.25) is 0 Å². The fraction of sp³-hybridized carbons (Fsp3) is 0.381. The van der Waals surface area contributed by atoms with E-state index in [1.807, 2.05) is 32.2 Å². The van der Waals surface area contributed by atoms with Crippen molar-refractivity contribution in [3.8, 4) is 0 Å². The summed E-state index contributed by atoms with van der Waals surface area (Å²) in [7, 11) is 0. The Kier molecular flexibility index (Phi) is 5.25. The molecule has 0 bridgehead atoms. The second kappa shape index (κ2) is 7.40.